The van der Waals surface area contributed by atoms with Crippen LogP contribution in [-0.4, -0.2) is 5.24 Å². The van der Waals surface area contributed by atoms with Gasteiger partial charge in [-0.2, -0.15) is 0 Å². The Bertz CT molecular complexity index is 329. The first-order valence-corrected chi connectivity index (χ1v) is 4.91. The number of hydrogen-bond donors (Lipinski definition) is 0. The molecule has 68 valence electrons. The summed E-state index contributed by atoms with van der Waals surface area (Å²) in [5, 5.41) is -0.270. The average molecular weight is 195 g/mol. The molecule has 1 saturated carbocycles. The van der Waals surface area contributed by atoms with Gasteiger partial charge in [0.1, 0.15) is 0 Å². The van der Waals surface area contributed by atoms with Gasteiger partial charge < -0.3 is 0 Å². The van der Waals surface area contributed by atoms with Crippen LogP contribution >= 0.6 is 11.6 Å². The Labute approximate surface area is 82.7 Å². The van der Waals surface area contributed by atoms with Gasteiger partial charge in [0.25, 0.3) is 0 Å². The van der Waals surface area contributed by atoms with Crippen LogP contribution in [0.1, 0.15) is 29.9 Å². The lowest BCUT2D eigenvalue weighted by molar-refractivity contribution is -0.111. The van der Waals surface area contributed by atoms with Gasteiger partial charge in [-0.3, -0.25) is 4.79 Å². The number of rotatable bonds is 3. The van der Waals surface area contributed by atoms with Crippen LogP contribution < -0.4 is 0 Å². The highest BCUT2D eigenvalue weighted by molar-refractivity contribution is 6.63. The smallest absolute Gasteiger partial charge is 0.226 e. The van der Waals surface area contributed by atoms with Gasteiger partial charge in [0.15, 0.2) is 0 Å². The maximum absolute atomic E-state index is 10.8. The third-order valence-electron chi connectivity index (χ3n) is 2.40. The molecule has 1 aromatic carbocycles. The van der Waals surface area contributed by atoms with Gasteiger partial charge in [-0.05, 0) is 41.5 Å². The van der Waals surface area contributed by atoms with E-state index < -0.39 is 0 Å². The molecule has 0 atom stereocenters. The molecule has 0 N–H and O–H groups in total. The summed E-state index contributed by atoms with van der Waals surface area (Å²) >= 11 is 5.37. The molecule has 2 rings (SSSR count). The van der Waals surface area contributed by atoms with Crippen LogP contribution in [0.3, 0.4) is 0 Å². The van der Waals surface area contributed by atoms with Crippen molar-refractivity contribution in [3.05, 3.63) is 35.4 Å². The van der Waals surface area contributed by atoms with E-state index >= 15 is 0 Å². The molecule has 13 heavy (non-hydrogen) atoms. The Morgan fingerprint density at radius 2 is 2.08 bits per heavy atom. The molecule has 1 aromatic rings. The molecule has 1 aliphatic rings. The molecule has 1 nitrogen and oxygen atoms in total. The van der Waals surface area contributed by atoms with E-state index in [4.69, 9.17) is 11.6 Å². The van der Waals surface area contributed by atoms with Crippen LogP contribution in [0.25, 0.3) is 0 Å². The maximum atomic E-state index is 10.8. The van der Waals surface area contributed by atoms with Crippen molar-refractivity contribution < 1.29 is 4.79 Å². The molecule has 0 aliphatic heterocycles. The van der Waals surface area contributed by atoms with E-state index in [0.717, 1.165) is 5.56 Å². The number of carbonyl (C=O) groups is 1. The lowest BCUT2D eigenvalue weighted by atomic mass is 10.0. The first kappa shape index (κ1) is 8.76. The van der Waals surface area contributed by atoms with Gasteiger partial charge in [-0.1, -0.05) is 24.3 Å². The molecule has 1 aliphatic carbocycles. The van der Waals surface area contributed by atoms with E-state index in [2.05, 4.69) is 6.07 Å². The molecule has 0 radical (unpaired) electrons. The SMILES string of the molecule is O=C(Cl)Cc1ccccc1C1CC1. The zero-order valence-corrected chi connectivity index (χ0v) is 8.05. The fourth-order valence-corrected chi connectivity index (χ4v) is 1.78. The molecule has 0 spiro atoms. The van der Waals surface area contributed by atoms with Gasteiger partial charge in [0, 0.05) is 6.42 Å². The fraction of sp³-hybridized carbons (Fsp3) is 0.364. The van der Waals surface area contributed by atoms with Crippen LogP contribution in [0.4, 0.5) is 0 Å². The van der Waals surface area contributed by atoms with Crippen molar-refractivity contribution in [2.45, 2.75) is 25.2 Å². The van der Waals surface area contributed by atoms with Gasteiger partial charge in [-0.15, -0.1) is 0 Å². The molecule has 1 fully saturated rings. The molecule has 0 amide bonds. The number of carbonyl (C=O) groups excluding carboxylic acids is 1. The van der Waals surface area contributed by atoms with Gasteiger partial charge in [0.05, 0.1) is 0 Å². The van der Waals surface area contributed by atoms with E-state index in [0.29, 0.717) is 12.3 Å². The number of benzene rings is 1. The van der Waals surface area contributed by atoms with Gasteiger partial charge >= 0.3 is 0 Å². The standard InChI is InChI=1S/C11H11ClO/c12-11(13)7-9-3-1-2-4-10(9)8-5-6-8/h1-4,8H,5-7H2. The van der Waals surface area contributed by atoms with Crippen molar-refractivity contribution in [1.82, 2.24) is 0 Å². The summed E-state index contributed by atoms with van der Waals surface area (Å²) in [5.41, 5.74) is 2.42. The summed E-state index contributed by atoms with van der Waals surface area (Å²) in [6.45, 7) is 0. The lowest BCUT2D eigenvalue weighted by Gasteiger charge is -2.04. The van der Waals surface area contributed by atoms with Crippen molar-refractivity contribution in [2.75, 3.05) is 0 Å². The van der Waals surface area contributed by atoms with Crippen LogP contribution in [0.15, 0.2) is 24.3 Å². The number of hydrogen-bond acceptors (Lipinski definition) is 1. The zero-order chi connectivity index (χ0) is 9.26. The highest BCUT2D eigenvalue weighted by atomic mass is 35.5. The second-order valence-corrected chi connectivity index (χ2v) is 3.93. The Hall–Kier alpha value is -0.820. The van der Waals surface area contributed by atoms with E-state index in [1.54, 1.807) is 0 Å². The summed E-state index contributed by atoms with van der Waals surface area (Å²) in [6.07, 6.45) is 2.88. The topological polar surface area (TPSA) is 17.1 Å². The molecule has 0 bridgehead atoms. The molecule has 0 unspecified atom stereocenters. The van der Waals surface area contributed by atoms with E-state index in [9.17, 15) is 4.79 Å². The highest BCUT2D eigenvalue weighted by Gasteiger charge is 2.25. The number of halogens is 1. The van der Waals surface area contributed by atoms with Crippen molar-refractivity contribution in [3.8, 4) is 0 Å². The molecular formula is C11H11ClO. The minimum atomic E-state index is -0.270. The summed E-state index contributed by atoms with van der Waals surface area (Å²) < 4.78 is 0. The van der Waals surface area contributed by atoms with Crippen LogP contribution in [-0.2, 0) is 11.2 Å². The maximum Gasteiger partial charge on any atom is 0.226 e. The second-order valence-electron chi connectivity index (χ2n) is 3.50. The first-order valence-electron chi connectivity index (χ1n) is 4.53. The van der Waals surface area contributed by atoms with Crippen LogP contribution in [0, 0.1) is 0 Å². The fourth-order valence-electron chi connectivity index (χ4n) is 1.64. The molecule has 2 heteroatoms. The Morgan fingerprint density at radius 3 is 2.69 bits per heavy atom. The summed E-state index contributed by atoms with van der Waals surface area (Å²) in [5.74, 6) is 0.687. The van der Waals surface area contributed by atoms with Crippen LogP contribution in [0.2, 0.25) is 0 Å². The second kappa shape index (κ2) is 3.51. The largest absolute Gasteiger partial charge is 0.281 e. The van der Waals surface area contributed by atoms with Crippen molar-refractivity contribution in [1.29, 1.82) is 0 Å². The van der Waals surface area contributed by atoms with E-state index in [1.165, 1.54) is 18.4 Å². The molecular weight excluding hydrogens is 184 g/mol. The summed E-state index contributed by atoms with van der Waals surface area (Å²) in [6, 6.07) is 8.08. The normalized spacial score (nSPS) is 15.8. The third-order valence-corrected chi connectivity index (χ3v) is 2.54. The quantitative estimate of drug-likeness (QED) is 0.677. The average Bonchev–Trinajstić information content (AvgIpc) is 2.87. The predicted molar refractivity (Wildman–Crippen MR) is 53.0 cm³/mol. The third kappa shape index (κ3) is 2.10. The first-order chi connectivity index (χ1) is 6.27. The van der Waals surface area contributed by atoms with Crippen molar-refractivity contribution in [3.63, 3.8) is 0 Å². The minimum Gasteiger partial charge on any atom is -0.281 e. The van der Waals surface area contributed by atoms with Crippen LogP contribution in [0.5, 0.6) is 0 Å². The minimum absolute atomic E-state index is 0.270. The van der Waals surface area contributed by atoms with E-state index in [1.807, 2.05) is 18.2 Å². The summed E-state index contributed by atoms with van der Waals surface area (Å²) in [4.78, 5) is 10.8. The monoisotopic (exact) mass is 194 g/mol. The van der Waals surface area contributed by atoms with Crippen molar-refractivity contribution in [2.24, 2.45) is 0 Å². The molecule has 0 aromatic heterocycles. The van der Waals surface area contributed by atoms with E-state index in [-0.39, 0.29) is 5.24 Å². The summed E-state index contributed by atoms with van der Waals surface area (Å²) in [7, 11) is 0. The predicted octanol–water partition coefficient (Wildman–Crippen LogP) is 2.87. The zero-order valence-electron chi connectivity index (χ0n) is 7.29. The molecule has 0 heterocycles. The Kier molecular flexibility index (Phi) is 2.36. The van der Waals surface area contributed by atoms with Crippen molar-refractivity contribution >= 4 is 16.8 Å². The Balaban J connectivity index is 2.26. The lowest BCUT2D eigenvalue weighted by Crippen LogP contribution is -1.97. The molecule has 0 saturated heterocycles. The highest BCUT2D eigenvalue weighted by Crippen LogP contribution is 2.41. The Morgan fingerprint density at radius 1 is 1.38 bits per heavy atom. The van der Waals surface area contributed by atoms with Gasteiger partial charge in [0.2, 0.25) is 5.24 Å². The van der Waals surface area contributed by atoms with Gasteiger partial charge in [-0.25, -0.2) is 0 Å².